The Hall–Kier alpha value is -2.88. The first-order valence-corrected chi connectivity index (χ1v) is 12.5. The normalized spacial score (nSPS) is 14.1. The van der Waals surface area contributed by atoms with Gasteiger partial charge in [0.05, 0.1) is 10.6 Å². The van der Waals surface area contributed by atoms with Gasteiger partial charge in [0.1, 0.15) is 5.60 Å². The van der Waals surface area contributed by atoms with Crippen LogP contribution in [0, 0.1) is 0 Å². The molecule has 0 aromatic heterocycles. The van der Waals surface area contributed by atoms with Gasteiger partial charge in [0.15, 0.2) is 5.11 Å². The summed E-state index contributed by atoms with van der Waals surface area (Å²) in [4.78, 5) is 39.0. The maximum Gasteiger partial charge on any atom is 0.407 e. The molecule has 0 radical (unpaired) electrons. The first kappa shape index (κ1) is 27.7. The van der Waals surface area contributed by atoms with E-state index in [0.717, 1.165) is 0 Å². The van der Waals surface area contributed by atoms with Crippen LogP contribution in [0.25, 0.3) is 0 Å². The summed E-state index contributed by atoms with van der Waals surface area (Å²) in [5.41, 5.74) is 0.833. The Balaban J connectivity index is 1.48. The number of ether oxygens (including phenoxy) is 1. The number of carbonyl (C=O) groups excluding carboxylic acids is 3. The van der Waals surface area contributed by atoms with Crippen LogP contribution in [0.3, 0.4) is 0 Å². The number of nitrogens with zero attached hydrogens (tertiary/aromatic N) is 1. The number of hydrogen-bond acceptors (Lipinski definition) is 5. The molecular formula is C25H28Cl2N4O4S. The van der Waals surface area contributed by atoms with Crippen molar-refractivity contribution in [2.75, 3.05) is 18.4 Å². The second-order valence-electron chi connectivity index (χ2n) is 9.32. The van der Waals surface area contributed by atoms with Crippen molar-refractivity contribution in [3.8, 4) is 0 Å². The van der Waals surface area contributed by atoms with Gasteiger partial charge in [-0.05, 0) is 88.3 Å². The Labute approximate surface area is 225 Å². The van der Waals surface area contributed by atoms with Gasteiger partial charge in [0.25, 0.3) is 11.8 Å². The molecule has 192 valence electrons. The van der Waals surface area contributed by atoms with Crippen LogP contribution in [0.15, 0.2) is 42.5 Å². The Morgan fingerprint density at radius 2 is 1.67 bits per heavy atom. The van der Waals surface area contributed by atoms with E-state index in [2.05, 4.69) is 16.0 Å². The minimum Gasteiger partial charge on any atom is -0.444 e. The van der Waals surface area contributed by atoms with Gasteiger partial charge < -0.3 is 20.3 Å². The van der Waals surface area contributed by atoms with Crippen LogP contribution in [-0.4, -0.2) is 52.7 Å². The maximum absolute atomic E-state index is 12.9. The zero-order chi connectivity index (χ0) is 26.5. The molecule has 0 atom stereocenters. The van der Waals surface area contributed by atoms with Crippen molar-refractivity contribution >= 4 is 64.1 Å². The Morgan fingerprint density at radius 1 is 1.03 bits per heavy atom. The van der Waals surface area contributed by atoms with Gasteiger partial charge in [-0.1, -0.05) is 23.2 Å². The predicted octanol–water partition coefficient (Wildman–Crippen LogP) is 5.25. The summed E-state index contributed by atoms with van der Waals surface area (Å²) in [6.07, 6.45) is 0.854. The van der Waals surface area contributed by atoms with Gasteiger partial charge in [0.2, 0.25) is 0 Å². The third kappa shape index (κ3) is 8.08. The van der Waals surface area contributed by atoms with E-state index in [9.17, 15) is 14.4 Å². The molecule has 3 N–H and O–H groups in total. The van der Waals surface area contributed by atoms with Crippen LogP contribution in [0.5, 0.6) is 0 Å². The second kappa shape index (κ2) is 11.9. The zero-order valence-electron chi connectivity index (χ0n) is 20.2. The van der Waals surface area contributed by atoms with Gasteiger partial charge in [-0.15, -0.1) is 0 Å². The van der Waals surface area contributed by atoms with Crippen LogP contribution in [-0.2, 0) is 4.74 Å². The standard InChI is InChI=1S/C25H28Cl2N4O4S/c1-25(2,3)35-24(34)29-18-10-12-31(13-11-18)22(33)15-4-7-17(8-5-15)28-23(36)30-21(32)19-9-6-16(26)14-20(19)27/h4-9,14,18H,10-13H2,1-3H3,(H,29,34)(H2,28,30,32,36). The molecular weight excluding hydrogens is 523 g/mol. The number of amides is 3. The van der Waals surface area contributed by atoms with Crippen molar-refractivity contribution in [3.63, 3.8) is 0 Å². The van der Waals surface area contributed by atoms with Crippen LogP contribution < -0.4 is 16.0 Å². The SMILES string of the molecule is CC(C)(C)OC(=O)NC1CCN(C(=O)c2ccc(NC(=S)NC(=O)c3ccc(Cl)cc3Cl)cc2)CC1. The summed E-state index contributed by atoms with van der Waals surface area (Å²) in [6.45, 7) is 6.51. The molecule has 1 fully saturated rings. The number of hydrogen-bond donors (Lipinski definition) is 3. The number of nitrogens with one attached hydrogen (secondary N) is 3. The van der Waals surface area contributed by atoms with E-state index in [-0.39, 0.29) is 27.6 Å². The first-order valence-electron chi connectivity index (χ1n) is 11.4. The number of piperidine rings is 1. The van der Waals surface area contributed by atoms with Crippen molar-refractivity contribution in [1.82, 2.24) is 15.5 Å². The topological polar surface area (TPSA) is 99.8 Å². The molecule has 8 nitrogen and oxygen atoms in total. The molecule has 2 aromatic carbocycles. The molecule has 0 aliphatic carbocycles. The zero-order valence-corrected chi connectivity index (χ0v) is 22.5. The number of anilines is 1. The second-order valence-corrected chi connectivity index (χ2v) is 10.6. The van der Waals surface area contributed by atoms with Crippen molar-refractivity contribution in [3.05, 3.63) is 63.6 Å². The van der Waals surface area contributed by atoms with Gasteiger partial charge in [-0.3, -0.25) is 14.9 Å². The fraction of sp³-hybridized carbons (Fsp3) is 0.360. The molecule has 0 spiro atoms. The molecule has 3 amide bonds. The average Bonchev–Trinajstić information content (AvgIpc) is 2.78. The fourth-order valence-electron chi connectivity index (χ4n) is 3.59. The third-order valence-corrected chi connectivity index (χ3v) is 6.05. The van der Waals surface area contributed by atoms with Gasteiger partial charge in [-0.2, -0.15) is 0 Å². The number of halogens is 2. The fourth-order valence-corrected chi connectivity index (χ4v) is 4.29. The van der Waals surface area contributed by atoms with Gasteiger partial charge in [-0.25, -0.2) is 4.79 Å². The highest BCUT2D eigenvalue weighted by atomic mass is 35.5. The summed E-state index contributed by atoms with van der Waals surface area (Å²) in [7, 11) is 0. The van der Waals surface area contributed by atoms with Gasteiger partial charge >= 0.3 is 6.09 Å². The smallest absolute Gasteiger partial charge is 0.407 e. The lowest BCUT2D eigenvalue weighted by molar-refractivity contribution is 0.0473. The van der Waals surface area contributed by atoms with E-state index < -0.39 is 17.6 Å². The summed E-state index contributed by atoms with van der Waals surface area (Å²) in [6, 6.07) is 11.3. The molecule has 1 aliphatic heterocycles. The van der Waals surface area contributed by atoms with E-state index in [1.165, 1.54) is 12.1 Å². The van der Waals surface area contributed by atoms with E-state index in [1.54, 1.807) is 35.2 Å². The van der Waals surface area contributed by atoms with Crippen molar-refractivity contribution < 1.29 is 19.1 Å². The van der Waals surface area contributed by atoms with E-state index in [1.807, 2.05) is 20.8 Å². The lowest BCUT2D eigenvalue weighted by atomic mass is 10.0. The predicted molar refractivity (Wildman–Crippen MR) is 145 cm³/mol. The van der Waals surface area contributed by atoms with Crippen molar-refractivity contribution in [2.24, 2.45) is 0 Å². The number of rotatable bonds is 4. The summed E-state index contributed by atoms with van der Waals surface area (Å²) in [5, 5.41) is 9.07. The monoisotopic (exact) mass is 550 g/mol. The largest absolute Gasteiger partial charge is 0.444 e. The Morgan fingerprint density at radius 3 is 2.25 bits per heavy atom. The molecule has 3 rings (SSSR count). The Kier molecular flexibility index (Phi) is 9.16. The molecule has 0 saturated carbocycles. The number of benzene rings is 2. The number of alkyl carbamates (subject to hydrolysis) is 1. The van der Waals surface area contributed by atoms with Crippen LogP contribution in [0.4, 0.5) is 10.5 Å². The summed E-state index contributed by atoms with van der Waals surface area (Å²) < 4.78 is 5.30. The molecule has 1 heterocycles. The molecule has 1 aliphatic rings. The van der Waals surface area contributed by atoms with Gasteiger partial charge in [0, 0.05) is 35.4 Å². The van der Waals surface area contributed by atoms with Crippen molar-refractivity contribution in [2.45, 2.75) is 45.3 Å². The lowest BCUT2D eigenvalue weighted by Gasteiger charge is -2.33. The molecule has 0 bridgehead atoms. The average molecular weight is 551 g/mol. The Bertz CT molecular complexity index is 1140. The lowest BCUT2D eigenvalue weighted by Crippen LogP contribution is -2.47. The number of likely N-dealkylation sites (tertiary alicyclic amines) is 1. The highest BCUT2D eigenvalue weighted by Gasteiger charge is 2.26. The highest BCUT2D eigenvalue weighted by Crippen LogP contribution is 2.21. The van der Waals surface area contributed by atoms with E-state index >= 15 is 0 Å². The molecule has 1 saturated heterocycles. The quantitative estimate of drug-likeness (QED) is 0.449. The van der Waals surface area contributed by atoms with E-state index in [0.29, 0.717) is 42.2 Å². The van der Waals surface area contributed by atoms with Crippen molar-refractivity contribution in [1.29, 1.82) is 0 Å². The van der Waals surface area contributed by atoms with Crippen LogP contribution in [0.2, 0.25) is 10.0 Å². The van der Waals surface area contributed by atoms with E-state index in [4.69, 9.17) is 40.2 Å². The minimum atomic E-state index is -0.554. The highest BCUT2D eigenvalue weighted by molar-refractivity contribution is 7.80. The number of thiocarbonyl (C=S) groups is 1. The molecule has 11 heteroatoms. The summed E-state index contributed by atoms with van der Waals surface area (Å²) in [5.74, 6) is -0.559. The van der Waals surface area contributed by atoms with Crippen LogP contribution in [0.1, 0.15) is 54.3 Å². The number of carbonyl (C=O) groups is 3. The summed E-state index contributed by atoms with van der Waals surface area (Å²) >= 11 is 17.1. The molecule has 2 aromatic rings. The minimum absolute atomic E-state index is 0.0329. The first-order chi connectivity index (χ1) is 16.9. The van der Waals surface area contributed by atoms with Crippen LogP contribution >= 0.6 is 35.4 Å². The molecule has 0 unspecified atom stereocenters. The maximum atomic E-state index is 12.9. The third-order valence-electron chi connectivity index (χ3n) is 5.30. The molecule has 36 heavy (non-hydrogen) atoms.